The number of aromatic nitrogens is 2. The van der Waals surface area contributed by atoms with E-state index in [1.165, 1.54) is 22.9 Å². The number of nitrogens with one attached hydrogen (secondary N) is 1. The minimum absolute atomic E-state index is 0.0295. The molecule has 0 spiro atoms. The van der Waals surface area contributed by atoms with Gasteiger partial charge in [0, 0.05) is 11.5 Å². The second-order valence-corrected chi connectivity index (χ2v) is 7.41. The number of carbonyl (C=O) groups excluding carboxylic acids is 1. The Hall–Kier alpha value is -2.86. The average molecular weight is 388 g/mol. The van der Waals surface area contributed by atoms with Crippen LogP contribution in [0.15, 0.2) is 54.6 Å². The molecule has 1 aromatic heterocycles. The molecule has 3 aromatic rings. The number of para-hydroxylation sites is 1. The molecule has 0 saturated carbocycles. The van der Waals surface area contributed by atoms with Crippen LogP contribution in [0.1, 0.15) is 26.5 Å². The number of rotatable bonds is 3. The fourth-order valence-corrected chi connectivity index (χ4v) is 2.55. The minimum Gasteiger partial charge on any atom is -0.410 e. The minimum atomic E-state index is -0.656. The molecule has 0 radical (unpaired) electrons. The Kier molecular flexibility index (Phi) is 5.19. The summed E-state index contributed by atoms with van der Waals surface area (Å²) >= 11 is 5.90. The normalized spacial score (nSPS) is 11.3. The molecule has 0 unspecified atom stereocenters. The molecule has 3 rings (SSSR count). The number of nitrogens with zero attached hydrogens (tertiary/aromatic N) is 2. The monoisotopic (exact) mass is 387 g/mol. The summed E-state index contributed by atoms with van der Waals surface area (Å²) in [6, 6.07) is 14.7. The predicted octanol–water partition coefficient (Wildman–Crippen LogP) is 5.57. The van der Waals surface area contributed by atoms with Crippen molar-refractivity contribution in [3.63, 3.8) is 0 Å². The average Bonchev–Trinajstić information content (AvgIpc) is 3.02. The van der Waals surface area contributed by atoms with E-state index in [1.54, 1.807) is 30.3 Å². The van der Waals surface area contributed by atoms with Crippen LogP contribution < -0.4 is 10.1 Å². The van der Waals surface area contributed by atoms with E-state index >= 15 is 0 Å². The summed E-state index contributed by atoms with van der Waals surface area (Å²) in [6.45, 7) is 6.01. The third kappa shape index (κ3) is 4.46. The highest BCUT2D eigenvalue weighted by molar-refractivity contribution is 6.30. The Balaban J connectivity index is 1.94. The van der Waals surface area contributed by atoms with Crippen LogP contribution in [0, 0.1) is 5.82 Å². The van der Waals surface area contributed by atoms with E-state index in [2.05, 4.69) is 10.4 Å². The molecule has 1 amide bonds. The molecule has 2 aromatic carbocycles. The lowest BCUT2D eigenvalue weighted by atomic mass is 9.92. The Morgan fingerprint density at radius 1 is 1.15 bits per heavy atom. The van der Waals surface area contributed by atoms with Crippen molar-refractivity contribution in [3.8, 4) is 11.4 Å². The molecule has 7 heteroatoms. The van der Waals surface area contributed by atoms with Gasteiger partial charge in [0.15, 0.2) is 0 Å². The molecule has 0 bridgehead atoms. The fourth-order valence-electron chi connectivity index (χ4n) is 2.38. The van der Waals surface area contributed by atoms with E-state index in [1.807, 2.05) is 26.8 Å². The summed E-state index contributed by atoms with van der Waals surface area (Å²) < 4.78 is 20.3. The van der Waals surface area contributed by atoms with Gasteiger partial charge in [-0.1, -0.05) is 50.6 Å². The maximum atomic E-state index is 13.5. The number of halogens is 2. The van der Waals surface area contributed by atoms with Crippen LogP contribution in [0.4, 0.5) is 15.0 Å². The van der Waals surface area contributed by atoms with Gasteiger partial charge in [-0.3, -0.25) is 5.32 Å². The van der Waals surface area contributed by atoms with Crippen LogP contribution in [0.3, 0.4) is 0 Å². The fraction of sp³-hybridized carbons (Fsp3) is 0.200. The lowest BCUT2D eigenvalue weighted by molar-refractivity contribution is 0.215. The summed E-state index contributed by atoms with van der Waals surface area (Å²) in [7, 11) is 0. The van der Waals surface area contributed by atoms with Crippen LogP contribution in [0.2, 0.25) is 5.02 Å². The molecule has 0 aliphatic carbocycles. The first-order chi connectivity index (χ1) is 12.7. The SMILES string of the molecule is CC(C)(C)c1cc(NC(=O)Oc2ccccc2)n(-c2ccc(F)c(Cl)c2)n1. The van der Waals surface area contributed by atoms with E-state index in [4.69, 9.17) is 16.3 Å². The number of hydrogen-bond donors (Lipinski definition) is 1. The van der Waals surface area contributed by atoms with Crippen molar-refractivity contribution in [1.82, 2.24) is 9.78 Å². The molecule has 0 atom stereocenters. The smallest absolute Gasteiger partial charge is 0.410 e. The van der Waals surface area contributed by atoms with Crippen LogP contribution in [-0.2, 0) is 5.41 Å². The molecule has 5 nitrogen and oxygen atoms in total. The number of ether oxygens (including phenoxy) is 1. The molecule has 1 N–H and O–H groups in total. The molecule has 1 heterocycles. The van der Waals surface area contributed by atoms with Crippen LogP contribution >= 0.6 is 11.6 Å². The van der Waals surface area contributed by atoms with Crippen molar-refractivity contribution in [3.05, 3.63) is 71.1 Å². The van der Waals surface area contributed by atoms with Crippen molar-refractivity contribution < 1.29 is 13.9 Å². The number of anilines is 1. The molecular weight excluding hydrogens is 369 g/mol. The molecule has 0 fully saturated rings. The summed E-state index contributed by atoms with van der Waals surface area (Å²) in [5, 5.41) is 7.20. The topological polar surface area (TPSA) is 56.1 Å². The molecule has 0 aliphatic rings. The number of hydrogen-bond acceptors (Lipinski definition) is 3. The third-order valence-corrected chi connectivity index (χ3v) is 4.10. The van der Waals surface area contributed by atoms with Crippen molar-refractivity contribution in [2.75, 3.05) is 5.32 Å². The number of amides is 1. The molecule has 0 saturated heterocycles. The largest absolute Gasteiger partial charge is 0.418 e. The van der Waals surface area contributed by atoms with Gasteiger partial charge in [-0.25, -0.2) is 13.9 Å². The van der Waals surface area contributed by atoms with E-state index < -0.39 is 11.9 Å². The molecular formula is C20H19ClFN3O2. The highest BCUT2D eigenvalue weighted by atomic mass is 35.5. The van der Waals surface area contributed by atoms with E-state index in [-0.39, 0.29) is 10.4 Å². The first-order valence-corrected chi connectivity index (χ1v) is 8.72. The lowest BCUT2D eigenvalue weighted by Gasteiger charge is -2.14. The van der Waals surface area contributed by atoms with E-state index in [0.717, 1.165) is 5.69 Å². The van der Waals surface area contributed by atoms with Gasteiger partial charge in [0.05, 0.1) is 16.4 Å². The quantitative estimate of drug-likeness (QED) is 0.638. The van der Waals surface area contributed by atoms with Crippen molar-refractivity contribution in [1.29, 1.82) is 0 Å². The van der Waals surface area contributed by atoms with Crippen LogP contribution in [-0.4, -0.2) is 15.9 Å². The number of benzene rings is 2. The van der Waals surface area contributed by atoms with Gasteiger partial charge >= 0.3 is 6.09 Å². The standard InChI is InChI=1S/C20H19ClFN3O2/c1-20(2,3)17-12-18(23-19(26)27-14-7-5-4-6-8-14)25(24-17)13-9-10-16(22)15(21)11-13/h4-12H,1-3H3,(H,23,26). The molecule has 0 aliphatic heterocycles. The zero-order valence-corrected chi connectivity index (χ0v) is 15.9. The maximum absolute atomic E-state index is 13.5. The Morgan fingerprint density at radius 2 is 1.85 bits per heavy atom. The van der Waals surface area contributed by atoms with Crippen molar-refractivity contribution in [2.24, 2.45) is 0 Å². The second kappa shape index (κ2) is 7.40. The Labute approximate surface area is 161 Å². The second-order valence-electron chi connectivity index (χ2n) is 7.00. The van der Waals surface area contributed by atoms with Gasteiger partial charge < -0.3 is 4.74 Å². The van der Waals surface area contributed by atoms with Crippen LogP contribution in [0.25, 0.3) is 5.69 Å². The maximum Gasteiger partial charge on any atom is 0.418 e. The zero-order chi connectivity index (χ0) is 19.6. The van der Waals surface area contributed by atoms with Gasteiger partial charge in [-0.05, 0) is 30.3 Å². The predicted molar refractivity (Wildman–Crippen MR) is 103 cm³/mol. The Morgan fingerprint density at radius 3 is 2.48 bits per heavy atom. The van der Waals surface area contributed by atoms with Crippen molar-refractivity contribution >= 4 is 23.5 Å². The third-order valence-electron chi connectivity index (χ3n) is 3.81. The summed E-state index contributed by atoms with van der Waals surface area (Å²) in [6.07, 6.45) is -0.656. The first kappa shape index (κ1) is 18.9. The summed E-state index contributed by atoms with van der Waals surface area (Å²) in [4.78, 5) is 12.3. The van der Waals surface area contributed by atoms with E-state index in [0.29, 0.717) is 17.3 Å². The molecule has 140 valence electrons. The highest BCUT2D eigenvalue weighted by Gasteiger charge is 2.22. The van der Waals surface area contributed by atoms with Gasteiger partial charge in [0.25, 0.3) is 0 Å². The van der Waals surface area contributed by atoms with Gasteiger partial charge in [0.1, 0.15) is 17.4 Å². The summed E-state index contributed by atoms with van der Waals surface area (Å²) in [5.74, 6) is 0.284. The van der Waals surface area contributed by atoms with Crippen molar-refractivity contribution in [2.45, 2.75) is 26.2 Å². The lowest BCUT2D eigenvalue weighted by Crippen LogP contribution is -2.19. The number of carbonyl (C=O) groups is 1. The van der Waals surface area contributed by atoms with Gasteiger partial charge in [-0.15, -0.1) is 0 Å². The van der Waals surface area contributed by atoms with Gasteiger partial charge in [0.2, 0.25) is 0 Å². The van der Waals surface area contributed by atoms with Gasteiger partial charge in [-0.2, -0.15) is 5.10 Å². The first-order valence-electron chi connectivity index (χ1n) is 8.34. The zero-order valence-electron chi connectivity index (χ0n) is 15.2. The Bertz CT molecular complexity index is 965. The highest BCUT2D eigenvalue weighted by Crippen LogP contribution is 2.28. The summed E-state index contributed by atoms with van der Waals surface area (Å²) in [5.41, 5.74) is 1.01. The van der Waals surface area contributed by atoms with E-state index in [9.17, 15) is 9.18 Å². The van der Waals surface area contributed by atoms with Crippen LogP contribution in [0.5, 0.6) is 5.75 Å². The molecule has 27 heavy (non-hydrogen) atoms.